The number of halogens is 1. The minimum absolute atomic E-state index is 0.0596. The van der Waals surface area contributed by atoms with E-state index < -0.39 is 22.0 Å². The number of hydrogen-bond donors (Lipinski definition) is 2. The lowest BCUT2D eigenvalue weighted by Gasteiger charge is -2.20. The monoisotopic (exact) mass is 472 g/mol. The molecule has 1 amide bonds. The van der Waals surface area contributed by atoms with Crippen LogP contribution in [0, 0.1) is 13.8 Å². The fourth-order valence-electron chi connectivity index (χ4n) is 3.30. The van der Waals surface area contributed by atoms with Crippen LogP contribution in [0.1, 0.15) is 16.7 Å². The fraction of sp³-hybridized carbons (Fsp3) is 0.208. The minimum Gasteiger partial charge on any atom is -0.496 e. The topological polar surface area (TPSA) is 84.5 Å². The van der Waals surface area contributed by atoms with Crippen LogP contribution in [-0.2, 0) is 21.2 Å². The van der Waals surface area contributed by atoms with Crippen LogP contribution in [0.15, 0.2) is 71.6 Å². The average molecular weight is 473 g/mol. The summed E-state index contributed by atoms with van der Waals surface area (Å²) in [6, 6.07) is 17.9. The Morgan fingerprint density at radius 3 is 2.34 bits per heavy atom. The van der Waals surface area contributed by atoms with E-state index in [-0.39, 0.29) is 11.3 Å². The van der Waals surface area contributed by atoms with Gasteiger partial charge in [0.05, 0.1) is 12.0 Å². The Balaban J connectivity index is 1.89. The lowest BCUT2D eigenvalue weighted by molar-refractivity contribution is -0.117. The van der Waals surface area contributed by atoms with Gasteiger partial charge in [-0.15, -0.1) is 0 Å². The molecule has 6 nitrogen and oxygen atoms in total. The first kappa shape index (κ1) is 23.8. The Hall–Kier alpha value is -2.87. The van der Waals surface area contributed by atoms with Crippen molar-refractivity contribution < 1.29 is 17.9 Å². The number of ether oxygens (including phenoxy) is 1. The van der Waals surface area contributed by atoms with Gasteiger partial charge in [-0.05, 0) is 73.4 Å². The molecule has 2 N–H and O–H groups in total. The molecule has 0 saturated heterocycles. The molecule has 8 heteroatoms. The number of hydrogen-bond acceptors (Lipinski definition) is 4. The zero-order valence-corrected chi connectivity index (χ0v) is 19.6. The number of benzene rings is 3. The first-order chi connectivity index (χ1) is 15.2. The predicted molar refractivity (Wildman–Crippen MR) is 127 cm³/mol. The van der Waals surface area contributed by atoms with Crippen molar-refractivity contribution in [3.63, 3.8) is 0 Å². The number of amides is 1. The highest BCUT2D eigenvalue weighted by molar-refractivity contribution is 7.89. The number of carbonyl (C=O) groups excluding carboxylic acids is 1. The number of nitrogens with one attached hydrogen (secondary N) is 2. The predicted octanol–water partition coefficient (Wildman–Crippen LogP) is 4.49. The summed E-state index contributed by atoms with van der Waals surface area (Å²) in [4.78, 5) is 13.2. The van der Waals surface area contributed by atoms with Gasteiger partial charge in [-0.2, -0.15) is 4.72 Å². The normalized spacial score (nSPS) is 12.2. The van der Waals surface area contributed by atoms with E-state index in [4.69, 9.17) is 16.3 Å². The van der Waals surface area contributed by atoms with Crippen LogP contribution in [0.25, 0.3) is 0 Å². The summed E-state index contributed by atoms with van der Waals surface area (Å²) >= 11 is 6.00. The maximum Gasteiger partial charge on any atom is 0.242 e. The molecule has 0 aliphatic carbocycles. The van der Waals surface area contributed by atoms with Crippen LogP contribution in [0.2, 0.25) is 5.02 Å². The Morgan fingerprint density at radius 2 is 1.72 bits per heavy atom. The zero-order valence-electron chi connectivity index (χ0n) is 18.1. The quantitative estimate of drug-likeness (QED) is 0.505. The van der Waals surface area contributed by atoms with Gasteiger partial charge in [0, 0.05) is 10.7 Å². The summed E-state index contributed by atoms with van der Waals surface area (Å²) in [7, 11) is -2.45. The first-order valence-electron chi connectivity index (χ1n) is 9.97. The molecular weight excluding hydrogens is 448 g/mol. The fourth-order valence-corrected chi connectivity index (χ4v) is 4.81. The molecule has 0 aliphatic rings. The lowest BCUT2D eigenvalue weighted by atomic mass is 10.1. The van der Waals surface area contributed by atoms with Crippen LogP contribution in [0.5, 0.6) is 5.75 Å². The van der Waals surface area contributed by atoms with Crippen molar-refractivity contribution in [2.75, 3.05) is 12.4 Å². The van der Waals surface area contributed by atoms with Crippen molar-refractivity contribution in [2.45, 2.75) is 31.2 Å². The molecule has 1 unspecified atom stereocenters. The molecule has 3 aromatic carbocycles. The number of rotatable bonds is 8. The summed E-state index contributed by atoms with van der Waals surface area (Å²) in [5.74, 6) is 0.119. The highest BCUT2D eigenvalue weighted by Crippen LogP contribution is 2.23. The van der Waals surface area contributed by atoms with Gasteiger partial charge < -0.3 is 10.1 Å². The van der Waals surface area contributed by atoms with Gasteiger partial charge in [-0.25, -0.2) is 8.42 Å². The van der Waals surface area contributed by atoms with Crippen molar-refractivity contribution in [1.82, 2.24) is 4.72 Å². The van der Waals surface area contributed by atoms with E-state index in [9.17, 15) is 13.2 Å². The molecule has 3 aromatic rings. The highest BCUT2D eigenvalue weighted by atomic mass is 35.5. The van der Waals surface area contributed by atoms with Crippen molar-refractivity contribution in [3.05, 3.63) is 88.4 Å². The van der Waals surface area contributed by atoms with Crippen LogP contribution >= 0.6 is 11.6 Å². The summed E-state index contributed by atoms with van der Waals surface area (Å²) in [5.41, 5.74) is 2.85. The Bertz CT molecular complexity index is 1210. The molecule has 0 saturated carbocycles. The summed E-state index contributed by atoms with van der Waals surface area (Å²) in [6.07, 6.45) is 0.188. The third-order valence-corrected chi connectivity index (χ3v) is 6.72. The third-order valence-electron chi connectivity index (χ3n) is 5.02. The second-order valence-corrected chi connectivity index (χ2v) is 9.59. The van der Waals surface area contributed by atoms with Gasteiger partial charge in [-0.3, -0.25) is 4.79 Å². The third kappa shape index (κ3) is 5.88. The molecule has 32 heavy (non-hydrogen) atoms. The minimum atomic E-state index is -3.97. The van der Waals surface area contributed by atoms with E-state index in [1.54, 1.807) is 31.2 Å². The maximum atomic E-state index is 13.1. The van der Waals surface area contributed by atoms with Gasteiger partial charge in [-0.1, -0.05) is 41.9 Å². The van der Waals surface area contributed by atoms with Gasteiger partial charge in [0.15, 0.2) is 0 Å². The SMILES string of the molecule is COc1ccc(S(=O)(=O)NC(Cc2ccccc2)C(=O)Nc2ccc(Cl)cc2C)cc1C. The molecule has 0 heterocycles. The van der Waals surface area contributed by atoms with Crippen LogP contribution in [0.4, 0.5) is 5.69 Å². The van der Waals surface area contributed by atoms with Gasteiger partial charge in [0.2, 0.25) is 15.9 Å². The van der Waals surface area contributed by atoms with E-state index in [1.165, 1.54) is 19.2 Å². The number of carbonyl (C=O) groups is 1. The molecule has 1 atom stereocenters. The number of anilines is 1. The van der Waals surface area contributed by atoms with Gasteiger partial charge in [0.25, 0.3) is 0 Å². The second kappa shape index (κ2) is 10.2. The van der Waals surface area contributed by atoms with Crippen molar-refractivity contribution in [3.8, 4) is 5.75 Å². The molecule has 0 fully saturated rings. The lowest BCUT2D eigenvalue weighted by Crippen LogP contribution is -2.45. The molecule has 0 aromatic heterocycles. The molecule has 168 valence electrons. The Morgan fingerprint density at radius 1 is 1.00 bits per heavy atom. The number of sulfonamides is 1. The summed E-state index contributed by atoms with van der Waals surface area (Å²) < 4.78 is 34.0. The Kier molecular flexibility index (Phi) is 7.56. The molecule has 0 radical (unpaired) electrons. The highest BCUT2D eigenvalue weighted by Gasteiger charge is 2.27. The van der Waals surface area contributed by atoms with E-state index in [2.05, 4.69) is 10.0 Å². The maximum absolute atomic E-state index is 13.1. The standard InChI is InChI=1S/C24H25ClN2O4S/c1-16-13-19(25)9-11-21(16)26-24(28)22(15-18-7-5-4-6-8-18)27-32(29,30)20-10-12-23(31-3)17(2)14-20/h4-14,22,27H,15H2,1-3H3,(H,26,28). The van der Waals surface area contributed by atoms with E-state index >= 15 is 0 Å². The second-order valence-electron chi connectivity index (χ2n) is 7.44. The molecular formula is C24H25ClN2O4S. The molecule has 0 bridgehead atoms. The number of methoxy groups -OCH3 is 1. The van der Waals surface area contributed by atoms with Crippen LogP contribution in [0.3, 0.4) is 0 Å². The molecule has 0 spiro atoms. The Labute approximate surface area is 193 Å². The molecule has 3 rings (SSSR count). The molecule has 0 aliphatic heterocycles. The average Bonchev–Trinajstić information content (AvgIpc) is 2.75. The van der Waals surface area contributed by atoms with Crippen molar-refractivity contribution >= 4 is 33.2 Å². The van der Waals surface area contributed by atoms with Crippen LogP contribution in [-0.4, -0.2) is 27.5 Å². The van der Waals surface area contributed by atoms with E-state index in [0.717, 1.165) is 11.1 Å². The summed E-state index contributed by atoms with van der Waals surface area (Å²) in [6.45, 7) is 3.58. The largest absolute Gasteiger partial charge is 0.496 e. The van der Waals surface area contributed by atoms with Gasteiger partial charge >= 0.3 is 0 Å². The van der Waals surface area contributed by atoms with Crippen molar-refractivity contribution in [1.29, 1.82) is 0 Å². The van der Waals surface area contributed by atoms with Crippen molar-refractivity contribution in [2.24, 2.45) is 0 Å². The van der Waals surface area contributed by atoms with E-state index in [1.807, 2.05) is 37.3 Å². The van der Waals surface area contributed by atoms with Gasteiger partial charge in [0.1, 0.15) is 11.8 Å². The first-order valence-corrected chi connectivity index (χ1v) is 11.8. The summed E-state index contributed by atoms with van der Waals surface area (Å²) in [5, 5.41) is 3.37. The smallest absolute Gasteiger partial charge is 0.242 e. The van der Waals surface area contributed by atoms with Crippen LogP contribution < -0.4 is 14.8 Å². The zero-order chi connectivity index (χ0) is 23.3. The van der Waals surface area contributed by atoms with E-state index in [0.29, 0.717) is 22.0 Å². The number of aryl methyl sites for hydroxylation is 2.